The summed E-state index contributed by atoms with van der Waals surface area (Å²) in [6.45, 7) is 6.57. The molecule has 0 aliphatic heterocycles. The van der Waals surface area contributed by atoms with E-state index in [1.165, 1.54) is 212 Å². The third-order valence-electron chi connectivity index (χ3n) is 15.4. The molecule has 0 saturated carbocycles. The summed E-state index contributed by atoms with van der Waals surface area (Å²) in [7, 11) is 0. The summed E-state index contributed by atoms with van der Waals surface area (Å²) >= 11 is 0. The van der Waals surface area contributed by atoms with Gasteiger partial charge < -0.3 is 14.2 Å². The van der Waals surface area contributed by atoms with Crippen molar-refractivity contribution in [2.24, 2.45) is 0 Å². The molecule has 468 valence electrons. The summed E-state index contributed by atoms with van der Waals surface area (Å²) in [5.74, 6) is -0.874. The number of unbranched alkanes of at least 4 members (excludes halogenated alkanes) is 39. The van der Waals surface area contributed by atoms with Crippen molar-refractivity contribution in [2.45, 2.75) is 361 Å². The fourth-order valence-corrected chi connectivity index (χ4v) is 10.2. The highest BCUT2D eigenvalue weighted by molar-refractivity contribution is 5.71. The Labute approximate surface area is 503 Å². The van der Waals surface area contributed by atoms with Crippen LogP contribution in [0.5, 0.6) is 0 Å². The zero-order valence-corrected chi connectivity index (χ0v) is 53.8. The zero-order valence-electron chi connectivity index (χ0n) is 53.8. The van der Waals surface area contributed by atoms with Gasteiger partial charge in [-0.1, -0.05) is 324 Å². The van der Waals surface area contributed by atoms with Gasteiger partial charge in [0.25, 0.3) is 0 Å². The lowest BCUT2D eigenvalue weighted by molar-refractivity contribution is -0.167. The molecule has 0 rings (SSSR count). The quantitative estimate of drug-likeness (QED) is 0.0261. The molecular formula is C75H132O6. The fourth-order valence-electron chi connectivity index (χ4n) is 10.2. The topological polar surface area (TPSA) is 78.9 Å². The lowest BCUT2D eigenvalue weighted by atomic mass is 10.0. The molecular weight excluding hydrogens is 997 g/mol. The van der Waals surface area contributed by atoms with Gasteiger partial charge in [0.2, 0.25) is 0 Å². The van der Waals surface area contributed by atoms with Crippen LogP contribution in [0.4, 0.5) is 0 Å². The number of allylic oxidation sites excluding steroid dienone is 14. The molecule has 1 atom stereocenters. The van der Waals surface area contributed by atoms with Crippen LogP contribution in [0, 0.1) is 0 Å². The van der Waals surface area contributed by atoms with Crippen molar-refractivity contribution in [1.82, 2.24) is 0 Å². The average molecular weight is 1130 g/mol. The van der Waals surface area contributed by atoms with E-state index in [9.17, 15) is 14.4 Å². The summed E-state index contributed by atoms with van der Waals surface area (Å²) < 4.78 is 17.0. The molecule has 6 heteroatoms. The van der Waals surface area contributed by atoms with Gasteiger partial charge in [0.15, 0.2) is 6.10 Å². The Morgan fingerprint density at radius 1 is 0.259 bits per heavy atom. The molecule has 0 aromatic rings. The van der Waals surface area contributed by atoms with Crippen molar-refractivity contribution >= 4 is 17.9 Å². The Morgan fingerprint density at radius 3 is 0.765 bits per heavy atom. The van der Waals surface area contributed by atoms with Gasteiger partial charge in [-0.15, -0.1) is 0 Å². The van der Waals surface area contributed by atoms with Gasteiger partial charge in [-0.25, -0.2) is 0 Å². The van der Waals surface area contributed by atoms with Crippen molar-refractivity contribution in [3.8, 4) is 0 Å². The van der Waals surface area contributed by atoms with Crippen molar-refractivity contribution in [3.05, 3.63) is 85.1 Å². The molecule has 0 fully saturated rings. The van der Waals surface area contributed by atoms with E-state index in [0.717, 1.165) is 103 Å². The van der Waals surface area contributed by atoms with Gasteiger partial charge in [-0.2, -0.15) is 0 Å². The first-order valence-corrected chi connectivity index (χ1v) is 35.1. The van der Waals surface area contributed by atoms with Crippen LogP contribution in [0.25, 0.3) is 0 Å². The van der Waals surface area contributed by atoms with Gasteiger partial charge in [0, 0.05) is 19.3 Å². The Balaban J connectivity index is 4.36. The average Bonchev–Trinajstić information content (AvgIpc) is 3.47. The summed E-state index contributed by atoms with van der Waals surface area (Å²) in [5.41, 5.74) is 0. The second kappa shape index (κ2) is 69.1. The Hall–Kier alpha value is -3.41. The third-order valence-corrected chi connectivity index (χ3v) is 15.4. The monoisotopic (exact) mass is 1130 g/mol. The normalized spacial score (nSPS) is 12.6. The number of carbonyl (C=O) groups excluding carboxylic acids is 3. The Bertz CT molecular complexity index is 1530. The maximum Gasteiger partial charge on any atom is 0.306 e. The summed E-state index contributed by atoms with van der Waals surface area (Å²) in [6.07, 6.45) is 91.7. The molecule has 0 heterocycles. The SMILES string of the molecule is CC/C=C\C/C=C\C/C=C\C/C=C\C/C=C\C/C=C\CCCCCCCCC(=O)OCC(COC(=O)CCCCCCCCCCCCCCCCC)OC(=O)CCCCCCCCCCCCC/C=C\CCCCCCCCCC. The van der Waals surface area contributed by atoms with Crippen LogP contribution in [0.3, 0.4) is 0 Å². The van der Waals surface area contributed by atoms with E-state index < -0.39 is 6.10 Å². The van der Waals surface area contributed by atoms with Gasteiger partial charge in [0.05, 0.1) is 0 Å². The van der Waals surface area contributed by atoms with Gasteiger partial charge >= 0.3 is 17.9 Å². The van der Waals surface area contributed by atoms with Crippen molar-refractivity contribution in [3.63, 3.8) is 0 Å². The molecule has 0 spiro atoms. The van der Waals surface area contributed by atoms with Crippen LogP contribution < -0.4 is 0 Å². The molecule has 0 aromatic carbocycles. The van der Waals surface area contributed by atoms with Crippen LogP contribution >= 0.6 is 0 Å². The van der Waals surface area contributed by atoms with Crippen molar-refractivity contribution in [2.75, 3.05) is 13.2 Å². The minimum absolute atomic E-state index is 0.0778. The maximum absolute atomic E-state index is 13.0. The Kier molecular flexibility index (Phi) is 66.2. The zero-order chi connectivity index (χ0) is 58.5. The van der Waals surface area contributed by atoms with E-state index in [0.29, 0.717) is 19.3 Å². The van der Waals surface area contributed by atoms with Gasteiger partial charge in [0.1, 0.15) is 13.2 Å². The minimum Gasteiger partial charge on any atom is -0.462 e. The number of rotatable bonds is 64. The molecule has 1 unspecified atom stereocenters. The van der Waals surface area contributed by atoms with Crippen LogP contribution in [0.15, 0.2) is 85.1 Å². The first kappa shape index (κ1) is 77.6. The van der Waals surface area contributed by atoms with Crippen LogP contribution in [-0.2, 0) is 28.6 Å². The number of carbonyl (C=O) groups is 3. The van der Waals surface area contributed by atoms with E-state index in [2.05, 4.69) is 106 Å². The highest BCUT2D eigenvalue weighted by Crippen LogP contribution is 2.17. The number of hydrogen-bond acceptors (Lipinski definition) is 6. The predicted molar refractivity (Wildman–Crippen MR) is 353 cm³/mol. The lowest BCUT2D eigenvalue weighted by Crippen LogP contribution is -2.30. The summed E-state index contributed by atoms with van der Waals surface area (Å²) in [5, 5.41) is 0. The number of esters is 3. The minimum atomic E-state index is -0.784. The second-order valence-corrected chi connectivity index (χ2v) is 23.4. The molecule has 0 aromatic heterocycles. The third kappa shape index (κ3) is 67.3. The van der Waals surface area contributed by atoms with Gasteiger partial charge in [-0.05, 0) is 96.3 Å². The summed E-state index contributed by atoms with van der Waals surface area (Å²) in [4.78, 5) is 38.5. The molecule has 0 aliphatic carbocycles. The van der Waals surface area contributed by atoms with Crippen LogP contribution in [0.2, 0.25) is 0 Å². The molecule has 0 amide bonds. The van der Waals surface area contributed by atoms with Crippen LogP contribution in [0.1, 0.15) is 355 Å². The van der Waals surface area contributed by atoms with Crippen LogP contribution in [-0.4, -0.2) is 37.2 Å². The van der Waals surface area contributed by atoms with Crippen molar-refractivity contribution in [1.29, 1.82) is 0 Å². The highest BCUT2D eigenvalue weighted by Gasteiger charge is 2.19. The first-order chi connectivity index (χ1) is 40.0. The molecule has 0 radical (unpaired) electrons. The van der Waals surface area contributed by atoms with E-state index in [1.807, 2.05) is 0 Å². The maximum atomic E-state index is 13.0. The van der Waals surface area contributed by atoms with E-state index in [1.54, 1.807) is 0 Å². The fraction of sp³-hybridized carbons (Fsp3) is 0.773. The molecule has 81 heavy (non-hydrogen) atoms. The molecule has 0 aliphatic rings. The lowest BCUT2D eigenvalue weighted by Gasteiger charge is -2.18. The molecule has 0 bridgehead atoms. The van der Waals surface area contributed by atoms with E-state index in [-0.39, 0.29) is 31.1 Å². The largest absolute Gasteiger partial charge is 0.462 e. The summed E-state index contributed by atoms with van der Waals surface area (Å²) in [6, 6.07) is 0. The van der Waals surface area contributed by atoms with E-state index in [4.69, 9.17) is 14.2 Å². The molecule has 0 N–H and O–H groups in total. The molecule has 6 nitrogen and oxygen atoms in total. The number of ether oxygens (including phenoxy) is 3. The predicted octanol–water partition coefficient (Wildman–Crippen LogP) is 24.2. The Morgan fingerprint density at radius 2 is 0.481 bits per heavy atom. The highest BCUT2D eigenvalue weighted by atomic mass is 16.6. The molecule has 0 saturated heterocycles. The number of hydrogen-bond donors (Lipinski definition) is 0. The van der Waals surface area contributed by atoms with E-state index >= 15 is 0 Å². The standard InChI is InChI=1S/C75H132O6/c1-4-7-10-13-16-19-22-25-28-30-32-34-36-37-39-40-42-44-47-50-53-56-59-62-65-68-74(77)80-71-72(70-79-73(76)67-64-61-58-55-52-49-46-27-24-21-18-15-12-9-6-3)81-75(78)69-66-63-60-57-54-51-48-45-43-41-38-35-33-31-29-26-23-20-17-14-11-8-5-2/h7,10,16,19,25,28,31-34,37,39,42,44,72H,4-6,8-9,11-15,17-18,20-24,26-27,29-30,35-36,38,40-41,43,45-71H2,1-3H3/b10-7-,19-16-,28-25-,33-31-,34-32-,39-37-,44-42-. The second-order valence-electron chi connectivity index (χ2n) is 23.4. The smallest absolute Gasteiger partial charge is 0.306 e. The van der Waals surface area contributed by atoms with Crippen molar-refractivity contribution < 1.29 is 28.6 Å². The first-order valence-electron chi connectivity index (χ1n) is 35.1. The van der Waals surface area contributed by atoms with Gasteiger partial charge in [-0.3, -0.25) is 14.4 Å².